The summed E-state index contributed by atoms with van der Waals surface area (Å²) >= 11 is 7.32. The molecule has 0 bridgehead atoms. The third-order valence-electron chi connectivity index (χ3n) is 4.08. The number of likely N-dealkylation sites (N-methyl/N-ethyl adjacent to an activating group) is 1. The Labute approximate surface area is 172 Å². The number of nitrogens with zero attached hydrogens (tertiary/aromatic N) is 2. The highest BCUT2D eigenvalue weighted by atomic mass is 35.5. The van der Waals surface area contributed by atoms with Crippen LogP contribution in [0.1, 0.15) is 12.5 Å². The number of carbonyl (C=O) groups excluding carboxylic acids is 1. The van der Waals surface area contributed by atoms with Gasteiger partial charge in [0.1, 0.15) is 5.75 Å². The molecule has 0 unspecified atom stereocenters. The number of phenols is 1. The number of thioether (sulfide) groups is 1. The summed E-state index contributed by atoms with van der Waals surface area (Å²) in [5.41, 5.74) is 1.12. The van der Waals surface area contributed by atoms with Gasteiger partial charge in [0.05, 0.1) is 24.8 Å². The van der Waals surface area contributed by atoms with E-state index in [-0.39, 0.29) is 17.4 Å². The minimum absolute atomic E-state index is 0.0728. The molecule has 0 saturated carbocycles. The van der Waals surface area contributed by atoms with E-state index in [1.54, 1.807) is 24.2 Å². The van der Waals surface area contributed by atoms with Crippen molar-refractivity contribution in [3.63, 3.8) is 0 Å². The van der Waals surface area contributed by atoms with Crippen LogP contribution in [0.5, 0.6) is 17.2 Å². The standard InChI is InChI=1S/C20H19ClN2O4S/c1-4-23-19(25)17(10-12-9-13(21)11-16(27-3)18(12)24)28-20(23)22-14-5-7-15(26-2)8-6-14/h5-11,24H,4H2,1-3H3/b17-10+,22-20?. The van der Waals surface area contributed by atoms with Crippen LogP contribution in [0.15, 0.2) is 46.3 Å². The molecule has 0 aromatic heterocycles. The van der Waals surface area contributed by atoms with E-state index >= 15 is 0 Å². The first-order valence-corrected chi connectivity index (χ1v) is 9.67. The zero-order valence-corrected chi connectivity index (χ0v) is 17.2. The van der Waals surface area contributed by atoms with Crippen LogP contribution in [0.4, 0.5) is 5.69 Å². The van der Waals surface area contributed by atoms with E-state index in [0.29, 0.717) is 32.9 Å². The summed E-state index contributed by atoms with van der Waals surface area (Å²) in [5.74, 6) is 0.723. The number of aliphatic imine (C=N–C) groups is 1. The van der Waals surface area contributed by atoms with Crippen molar-refractivity contribution in [1.82, 2.24) is 4.90 Å². The van der Waals surface area contributed by atoms with E-state index in [4.69, 9.17) is 21.1 Å². The lowest BCUT2D eigenvalue weighted by molar-refractivity contribution is -0.122. The Kier molecular flexibility index (Phi) is 6.16. The Hall–Kier alpha value is -2.64. The van der Waals surface area contributed by atoms with Gasteiger partial charge >= 0.3 is 0 Å². The second kappa shape index (κ2) is 8.58. The molecular weight excluding hydrogens is 400 g/mol. The second-order valence-electron chi connectivity index (χ2n) is 5.80. The van der Waals surface area contributed by atoms with Gasteiger partial charge in [-0.15, -0.1) is 0 Å². The zero-order chi connectivity index (χ0) is 20.3. The van der Waals surface area contributed by atoms with Crippen LogP contribution in [0.3, 0.4) is 0 Å². The van der Waals surface area contributed by atoms with Gasteiger partial charge in [-0.05, 0) is 55.1 Å². The van der Waals surface area contributed by atoms with Crippen molar-refractivity contribution in [3.8, 4) is 17.2 Å². The number of rotatable bonds is 5. The van der Waals surface area contributed by atoms with Gasteiger partial charge in [-0.25, -0.2) is 4.99 Å². The first-order chi connectivity index (χ1) is 13.5. The molecule has 1 aliphatic rings. The fraction of sp³-hybridized carbons (Fsp3) is 0.200. The molecule has 2 aromatic carbocycles. The van der Waals surface area contributed by atoms with Gasteiger partial charge in [0, 0.05) is 23.2 Å². The van der Waals surface area contributed by atoms with Crippen LogP contribution in [0, 0.1) is 0 Å². The van der Waals surface area contributed by atoms with E-state index < -0.39 is 0 Å². The lowest BCUT2D eigenvalue weighted by Crippen LogP contribution is -2.28. The fourth-order valence-corrected chi connectivity index (χ4v) is 3.91. The largest absolute Gasteiger partial charge is 0.504 e. The fourth-order valence-electron chi connectivity index (χ4n) is 2.64. The number of phenolic OH excluding ortho intramolecular Hbond substituents is 1. The molecule has 8 heteroatoms. The van der Waals surface area contributed by atoms with Gasteiger partial charge in [-0.2, -0.15) is 0 Å². The number of hydrogen-bond donors (Lipinski definition) is 1. The molecule has 1 fully saturated rings. The molecule has 3 rings (SSSR count). The van der Waals surface area contributed by atoms with Crippen LogP contribution in [0.2, 0.25) is 5.02 Å². The van der Waals surface area contributed by atoms with E-state index in [2.05, 4.69) is 4.99 Å². The number of hydrogen-bond acceptors (Lipinski definition) is 6. The maximum Gasteiger partial charge on any atom is 0.266 e. The van der Waals surface area contributed by atoms with Crippen LogP contribution in [0.25, 0.3) is 6.08 Å². The van der Waals surface area contributed by atoms with Gasteiger partial charge in [-0.3, -0.25) is 9.69 Å². The molecule has 146 valence electrons. The van der Waals surface area contributed by atoms with Gasteiger partial charge < -0.3 is 14.6 Å². The molecular formula is C20H19ClN2O4S. The lowest BCUT2D eigenvalue weighted by Gasteiger charge is -2.12. The van der Waals surface area contributed by atoms with Crippen molar-refractivity contribution in [1.29, 1.82) is 0 Å². The number of methoxy groups -OCH3 is 2. The van der Waals surface area contributed by atoms with Crippen molar-refractivity contribution in [2.24, 2.45) is 4.99 Å². The normalized spacial score (nSPS) is 16.9. The third-order valence-corrected chi connectivity index (χ3v) is 5.30. The average Bonchev–Trinajstić information content (AvgIpc) is 2.99. The summed E-state index contributed by atoms with van der Waals surface area (Å²) in [6, 6.07) is 10.3. The molecule has 1 N–H and O–H groups in total. The first kappa shape index (κ1) is 20.1. The summed E-state index contributed by atoms with van der Waals surface area (Å²) in [5, 5.41) is 11.3. The van der Waals surface area contributed by atoms with Crippen molar-refractivity contribution >= 4 is 46.2 Å². The summed E-state index contributed by atoms with van der Waals surface area (Å²) in [6.45, 7) is 2.35. The van der Waals surface area contributed by atoms with Crippen LogP contribution >= 0.6 is 23.4 Å². The molecule has 28 heavy (non-hydrogen) atoms. The minimum Gasteiger partial charge on any atom is -0.504 e. The van der Waals surface area contributed by atoms with E-state index in [0.717, 1.165) is 5.75 Å². The third kappa shape index (κ3) is 4.10. The number of aromatic hydroxyl groups is 1. The number of amidine groups is 1. The van der Waals surface area contributed by atoms with Crippen LogP contribution in [-0.4, -0.2) is 41.8 Å². The molecule has 2 aromatic rings. The second-order valence-corrected chi connectivity index (χ2v) is 7.24. The highest BCUT2D eigenvalue weighted by Crippen LogP contribution is 2.39. The minimum atomic E-state index is -0.182. The molecule has 1 saturated heterocycles. The topological polar surface area (TPSA) is 71.4 Å². The zero-order valence-electron chi connectivity index (χ0n) is 15.6. The van der Waals surface area contributed by atoms with Crippen LogP contribution in [-0.2, 0) is 4.79 Å². The number of amides is 1. The molecule has 0 radical (unpaired) electrons. The van der Waals surface area contributed by atoms with Crippen molar-refractivity contribution in [3.05, 3.63) is 51.9 Å². The molecule has 0 spiro atoms. The molecule has 1 amide bonds. The highest BCUT2D eigenvalue weighted by Gasteiger charge is 2.32. The Balaban J connectivity index is 1.96. The highest BCUT2D eigenvalue weighted by molar-refractivity contribution is 8.18. The smallest absolute Gasteiger partial charge is 0.266 e. The predicted molar refractivity (Wildman–Crippen MR) is 113 cm³/mol. The number of ether oxygens (including phenoxy) is 2. The van der Waals surface area contributed by atoms with Crippen molar-refractivity contribution in [2.45, 2.75) is 6.92 Å². The number of benzene rings is 2. The molecule has 1 heterocycles. The predicted octanol–water partition coefficient (Wildman–Crippen LogP) is 4.69. The average molecular weight is 419 g/mol. The van der Waals surface area contributed by atoms with Gasteiger partial charge in [0.25, 0.3) is 5.91 Å². The van der Waals surface area contributed by atoms with Crippen LogP contribution < -0.4 is 9.47 Å². The monoisotopic (exact) mass is 418 g/mol. The first-order valence-electron chi connectivity index (χ1n) is 8.47. The van der Waals surface area contributed by atoms with Gasteiger partial charge in [-0.1, -0.05) is 11.6 Å². The number of carbonyl (C=O) groups is 1. The quantitative estimate of drug-likeness (QED) is 0.713. The maximum absolute atomic E-state index is 12.8. The summed E-state index contributed by atoms with van der Waals surface area (Å²) < 4.78 is 10.3. The molecule has 1 aliphatic heterocycles. The lowest BCUT2D eigenvalue weighted by atomic mass is 10.1. The summed E-state index contributed by atoms with van der Waals surface area (Å²) in [7, 11) is 3.04. The van der Waals surface area contributed by atoms with E-state index in [9.17, 15) is 9.90 Å². The van der Waals surface area contributed by atoms with Gasteiger partial charge in [0.2, 0.25) is 0 Å². The van der Waals surface area contributed by atoms with Crippen molar-refractivity contribution in [2.75, 3.05) is 20.8 Å². The Morgan fingerprint density at radius 1 is 1.21 bits per heavy atom. The Bertz CT molecular complexity index is 957. The maximum atomic E-state index is 12.8. The summed E-state index contributed by atoms with van der Waals surface area (Å²) in [6.07, 6.45) is 1.59. The summed E-state index contributed by atoms with van der Waals surface area (Å²) in [4.78, 5) is 19.4. The molecule has 0 atom stereocenters. The van der Waals surface area contributed by atoms with Gasteiger partial charge in [0.15, 0.2) is 16.7 Å². The van der Waals surface area contributed by atoms with Crippen molar-refractivity contribution < 1.29 is 19.4 Å². The Morgan fingerprint density at radius 2 is 1.93 bits per heavy atom. The molecule has 6 nitrogen and oxygen atoms in total. The SMILES string of the molecule is CCN1C(=O)/C(=C\c2cc(Cl)cc(OC)c2O)SC1=Nc1ccc(OC)cc1. The number of halogens is 1. The van der Waals surface area contributed by atoms with E-state index in [1.165, 1.54) is 24.9 Å². The van der Waals surface area contributed by atoms with E-state index in [1.807, 2.05) is 31.2 Å². The Morgan fingerprint density at radius 3 is 2.54 bits per heavy atom. The molecule has 0 aliphatic carbocycles.